The van der Waals surface area contributed by atoms with E-state index in [-0.39, 0.29) is 18.5 Å². The van der Waals surface area contributed by atoms with Gasteiger partial charge in [0.15, 0.2) is 0 Å². The monoisotopic (exact) mass is 235 g/mol. The highest BCUT2D eigenvalue weighted by molar-refractivity contribution is 5.95. The van der Waals surface area contributed by atoms with Crippen molar-refractivity contribution in [3.63, 3.8) is 0 Å². The number of hydrogen-bond donors (Lipinski definition) is 0. The number of benzene rings is 1. The summed E-state index contributed by atoms with van der Waals surface area (Å²) in [6.07, 6.45) is -3.81. The second kappa shape index (κ2) is 5.62. The third kappa shape index (κ3) is 3.16. The molecule has 0 spiro atoms. The van der Waals surface area contributed by atoms with Gasteiger partial charge in [0.05, 0.1) is 0 Å². The van der Waals surface area contributed by atoms with E-state index in [0.29, 0.717) is 12.8 Å². The first-order valence-corrected chi connectivity index (χ1v) is 5.69. The summed E-state index contributed by atoms with van der Waals surface area (Å²) < 4.78 is 31.9. The van der Waals surface area contributed by atoms with E-state index in [4.69, 9.17) is 5.48 Å². The second-order valence-corrected chi connectivity index (χ2v) is 3.92. The van der Waals surface area contributed by atoms with E-state index in [0.717, 1.165) is 4.90 Å². The molecule has 0 aromatic heterocycles. The lowest BCUT2D eigenvalue weighted by atomic mass is 10.1. The minimum Gasteiger partial charge on any atom is -0.283 e. The van der Waals surface area contributed by atoms with Crippen LogP contribution in [0, 0.1) is 0 Å². The van der Waals surface area contributed by atoms with Crippen molar-refractivity contribution < 1.29 is 15.1 Å². The number of likely N-dealkylation sites (tertiary alicyclic amines) is 1. The first kappa shape index (κ1) is 7.64. The van der Waals surface area contributed by atoms with Gasteiger partial charge in [0.1, 0.15) is 0 Å². The largest absolute Gasteiger partial charge is 0.283 e. The van der Waals surface area contributed by atoms with Crippen molar-refractivity contribution in [2.45, 2.75) is 32.0 Å². The quantitative estimate of drug-likeness (QED) is 0.805. The Morgan fingerprint density at radius 1 is 1.29 bits per heavy atom. The summed E-state index contributed by atoms with van der Waals surface area (Å²) in [5.74, 6) is -1.53. The van der Waals surface area contributed by atoms with Crippen LogP contribution in [0.1, 0.15) is 36.7 Å². The summed E-state index contributed by atoms with van der Waals surface area (Å²) in [7, 11) is 0. The molecule has 2 amide bonds. The molecule has 1 saturated heterocycles. The summed E-state index contributed by atoms with van der Waals surface area (Å²) in [4.78, 5) is 25.0. The molecule has 0 bridgehead atoms. The summed E-state index contributed by atoms with van der Waals surface area (Å²) in [5.41, 5.74) is 0.0767. The number of piperidine rings is 1. The smallest absolute Gasteiger partial charge is 0.229 e. The number of amides is 2. The lowest BCUT2D eigenvalue weighted by Gasteiger charge is -2.24. The molecule has 1 aromatic carbocycles. The molecule has 0 atom stereocenters. The molecule has 1 aromatic rings. The molecule has 0 N–H and O–H groups in total. The number of hydrogen-bond acceptors (Lipinski definition) is 2. The minimum absolute atomic E-state index is 0.0767. The first-order valence-electron chi connectivity index (χ1n) is 7.69. The molecule has 0 aliphatic carbocycles. The van der Waals surface area contributed by atoms with Crippen molar-refractivity contribution in [1.29, 1.82) is 0 Å². The van der Waals surface area contributed by atoms with Gasteiger partial charge < -0.3 is 0 Å². The molecule has 3 heteroatoms. The van der Waals surface area contributed by atoms with Crippen LogP contribution in [-0.2, 0) is 16.0 Å². The Balaban J connectivity index is 2.31. The van der Waals surface area contributed by atoms with Gasteiger partial charge in [-0.05, 0) is 24.8 Å². The third-order valence-electron chi connectivity index (χ3n) is 2.66. The van der Waals surface area contributed by atoms with Crippen molar-refractivity contribution in [2.75, 3.05) is 6.54 Å². The normalized spacial score (nSPS) is 21.2. The van der Waals surface area contributed by atoms with Crippen molar-refractivity contribution in [3.8, 4) is 0 Å². The Hall–Kier alpha value is -1.64. The van der Waals surface area contributed by atoms with Crippen LogP contribution in [0.4, 0.5) is 0 Å². The predicted octanol–water partition coefficient (Wildman–Crippen LogP) is 2.16. The second-order valence-electron chi connectivity index (χ2n) is 3.92. The fourth-order valence-electron chi connectivity index (χ4n) is 1.74. The van der Waals surface area contributed by atoms with Crippen molar-refractivity contribution in [1.82, 2.24) is 4.90 Å². The van der Waals surface area contributed by atoms with Gasteiger partial charge in [-0.25, -0.2) is 0 Å². The average Bonchev–Trinajstić information content (AvgIpc) is 2.47. The molecule has 1 heterocycles. The van der Waals surface area contributed by atoms with Gasteiger partial charge in [-0.2, -0.15) is 0 Å². The van der Waals surface area contributed by atoms with E-state index in [2.05, 4.69) is 0 Å². The van der Waals surface area contributed by atoms with Crippen LogP contribution in [0.25, 0.3) is 0 Å². The van der Waals surface area contributed by atoms with Crippen LogP contribution in [0.5, 0.6) is 0 Å². The van der Waals surface area contributed by atoms with Crippen LogP contribution in [0.15, 0.2) is 30.3 Å². The molecule has 2 rings (SSSR count). The third-order valence-corrected chi connectivity index (χ3v) is 2.66. The molecule has 90 valence electrons. The average molecular weight is 235 g/mol. The highest BCUT2D eigenvalue weighted by Gasteiger charge is 2.23. The Labute approximate surface area is 107 Å². The van der Waals surface area contributed by atoms with E-state index < -0.39 is 24.6 Å². The number of carbonyl (C=O) groups is 2. The van der Waals surface area contributed by atoms with Gasteiger partial charge in [-0.1, -0.05) is 30.3 Å². The Morgan fingerprint density at radius 2 is 2.06 bits per heavy atom. The number of carbonyl (C=O) groups excluding carboxylic acids is 2. The standard InChI is InChI=1S/C14H17NO2/c16-13-8-4-5-11-15(13)14(17)10-9-12-6-2-1-3-7-12/h1-3,6-7H,4-5,8-11H2/i9D2,10D2. The van der Waals surface area contributed by atoms with Crippen LogP contribution in [0.2, 0.25) is 0 Å². The predicted molar refractivity (Wildman–Crippen MR) is 65.3 cm³/mol. The van der Waals surface area contributed by atoms with Gasteiger partial charge in [-0.3, -0.25) is 14.5 Å². The van der Waals surface area contributed by atoms with Gasteiger partial charge in [0.25, 0.3) is 0 Å². The summed E-state index contributed by atoms with van der Waals surface area (Å²) in [6.45, 7) is 0.155. The first-order chi connectivity index (χ1) is 9.78. The van der Waals surface area contributed by atoms with Gasteiger partial charge in [0.2, 0.25) is 11.8 Å². The minimum atomic E-state index is -2.80. The van der Waals surface area contributed by atoms with Crippen LogP contribution >= 0.6 is 0 Å². The topological polar surface area (TPSA) is 37.4 Å². The maximum atomic E-state index is 12.3. The SMILES string of the molecule is [2H]C([2H])(C(=O)N1CCCCC1=O)C([2H])([2H])c1ccccc1. The fourth-order valence-corrected chi connectivity index (χ4v) is 1.74. The van der Waals surface area contributed by atoms with Crippen molar-refractivity contribution in [2.24, 2.45) is 0 Å². The molecular formula is C14H17NO2. The highest BCUT2D eigenvalue weighted by Crippen LogP contribution is 2.13. The molecule has 1 aliphatic rings. The van der Waals surface area contributed by atoms with Gasteiger partial charge >= 0.3 is 0 Å². The number of aryl methyl sites for hydroxylation is 1. The van der Waals surface area contributed by atoms with Gasteiger partial charge in [0, 0.05) is 24.8 Å². The van der Waals surface area contributed by atoms with E-state index in [1.807, 2.05) is 0 Å². The molecule has 0 unspecified atom stereocenters. The number of imide groups is 1. The molecule has 1 fully saturated rings. The fraction of sp³-hybridized carbons (Fsp3) is 0.429. The van der Waals surface area contributed by atoms with E-state index in [1.54, 1.807) is 18.2 Å². The van der Waals surface area contributed by atoms with Crippen molar-refractivity contribution >= 4 is 11.8 Å². The van der Waals surface area contributed by atoms with Crippen LogP contribution in [-0.4, -0.2) is 23.3 Å². The van der Waals surface area contributed by atoms with Crippen molar-refractivity contribution in [3.05, 3.63) is 35.9 Å². The number of rotatable bonds is 3. The zero-order valence-electron chi connectivity index (χ0n) is 13.5. The summed E-state index contributed by atoms with van der Waals surface area (Å²) >= 11 is 0. The summed E-state index contributed by atoms with van der Waals surface area (Å²) in [6, 6.07) is 7.72. The van der Waals surface area contributed by atoms with Crippen LogP contribution in [0.3, 0.4) is 0 Å². The Kier molecular flexibility index (Phi) is 2.52. The molecular weight excluding hydrogens is 214 g/mol. The van der Waals surface area contributed by atoms with E-state index >= 15 is 0 Å². The molecule has 17 heavy (non-hydrogen) atoms. The highest BCUT2D eigenvalue weighted by atomic mass is 16.2. The molecule has 0 radical (unpaired) electrons. The maximum Gasteiger partial charge on any atom is 0.229 e. The number of nitrogens with zero attached hydrogens (tertiary/aromatic N) is 1. The molecule has 1 aliphatic heterocycles. The molecule has 3 nitrogen and oxygen atoms in total. The maximum absolute atomic E-state index is 12.3. The van der Waals surface area contributed by atoms with Crippen LogP contribution < -0.4 is 0 Å². The van der Waals surface area contributed by atoms with E-state index in [9.17, 15) is 9.59 Å². The lowest BCUT2D eigenvalue weighted by Crippen LogP contribution is -2.40. The molecule has 0 saturated carbocycles. The zero-order chi connectivity index (χ0) is 15.7. The van der Waals surface area contributed by atoms with Gasteiger partial charge in [-0.15, -0.1) is 0 Å². The summed E-state index contributed by atoms with van der Waals surface area (Å²) in [5, 5.41) is 0. The Morgan fingerprint density at radius 3 is 2.76 bits per heavy atom. The Bertz CT molecular complexity index is 545. The zero-order valence-corrected chi connectivity index (χ0v) is 9.48. The van der Waals surface area contributed by atoms with E-state index in [1.165, 1.54) is 12.1 Å². The lowest BCUT2D eigenvalue weighted by molar-refractivity contribution is -0.146.